The number of carbonyl (C=O) groups is 1. The number of hydrogen-bond acceptors (Lipinski definition) is 6. The van der Waals surface area contributed by atoms with Crippen LogP contribution in [0.15, 0.2) is 25.0 Å². The van der Waals surface area contributed by atoms with Crippen LogP contribution in [0.1, 0.15) is 17.4 Å². The Labute approximate surface area is 97.3 Å². The molecule has 0 radical (unpaired) electrons. The Morgan fingerprint density at radius 1 is 1.47 bits per heavy atom. The van der Waals surface area contributed by atoms with Crippen molar-refractivity contribution in [3.63, 3.8) is 0 Å². The molecule has 0 fully saturated rings. The summed E-state index contributed by atoms with van der Waals surface area (Å²) in [5.41, 5.74) is 6.54. The summed E-state index contributed by atoms with van der Waals surface area (Å²) < 4.78 is 6.35. The number of nitrogens with zero attached hydrogens (tertiary/aromatic N) is 4. The average molecular weight is 233 g/mol. The molecule has 0 saturated heterocycles. The van der Waals surface area contributed by atoms with E-state index in [0.29, 0.717) is 5.69 Å². The van der Waals surface area contributed by atoms with Crippen molar-refractivity contribution in [2.45, 2.75) is 6.92 Å². The molecule has 2 heterocycles. The van der Waals surface area contributed by atoms with Gasteiger partial charge in [-0.25, -0.2) is 19.7 Å². The first-order valence-corrected chi connectivity index (χ1v) is 4.99. The minimum absolute atomic E-state index is 0.0932. The van der Waals surface area contributed by atoms with Crippen molar-refractivity contribution < 1.29 is 9.53 Å². The van der Waals surface area contributed by atoms with Crippen LogP contribution in [0, 0.1) is 0 Å². The number of ether oxygens (including phenoxy) is 1. The third-order valence-electron chi connectivity index (χ3n) is 2.10. The van der Waals surface area contributed by atoms with Gasteiger partial charge in [-0.1, -0.05) is 0 Å². The van der Waals surface area contributed by atoms with Crippen LogP contribution in [-0.2, 0) is 4.74 Å². The van der Waals surface area contributed by atoms with Crippen molar-refractivity contribution >= 4 is 11.8 Å². The molecular weight excluding hydrogens is 222 g/mol. The molecule has 2 aromatic heterocycles. The normalized spacial score (nSPS) is 10.2. The zero-order valence-electron chi connectivity index (χ0n) is 9.20. The van der Waals surface area contributed by atoms with E-state index in [4.69, 9.17) is 10.5 Å². The highest BCUT2D eigenvalue weighted by Gasteiger charge is 2.17. The third-order valence-corrected chi connectivity index (χ3v) is 2.10. The predicted octanol–water partition coefficient (Wildman–Crippen LogP) is 0.421. The summed E-state index contributed by atoms with van der Waals surface area (Å²) in [7, 11) is 0. The van der Waals surface area contributed by atoms with Crippen molar-refractivity contribution in [2.24, 2.45) is 0 Å². The summed E-state index contributed by atoms with van der Waals surface area (Å²) in [6.07, 6.45) is 5.98. The Morgan fingerprint density at radius 3 is 2.82 bits per heavy atom. The van der Waals surface area contributed by atoms with Gasteiger partial charge in [0.1, 0.15) is 18.5 Å². The Hall–Kier alpha value is -2.44. The monoisotopic (exact) mass is 233 g/mol. The number of rotatable bonds is 3. The third kappa shape index (κ3) is 2.07. The van der Waals surface area contributed by atoms with Crippen molar-refractivity contribution in [2.75, 3.05) is 12.3 Å². The topological polar surface area (TPSA) is 95.9 Å². The van der Waals surface area contributed by atoms with Gasteiger partial charge < -0.3 is 10.5 Å². The van der Waals surface area contributed by atoms with E-state index in [1.54, 1.807) is 19.3 Å². The Kier molecular flexibility index (Phi) is 2.99. The van der Waals surface area contributed by atoms with Gasteiger partial charge in [0.25, 0.3) is 0 Å². The van der Waals surface area contributed by atoms with Crippen molar-refractivity contribution in [3.05, 3.63) is 30.7 Å². The van der Waals surface area contributed by atoms with Crippen molar-refractivity contribution in [3.8, 4) is 5.69 Å². The Bertz CT molecular complexity index is 523. The first-order chi connectivity index (χ1) is 8.24. The van der Waals surface area contributed by atoms with E-state index >= 15 is 0 Å². The average Bonchev–Trinajstić information content (AvgIpc) is 2.72. The molecule has 0 atom stereocenters. The number of esters is 1. The first-order valence-electron chi connectivity index (χ1n) is 4.99. The van der Waals surface area contributed by atoms with Crippen LogP contribution in [0.5, 0.6) is 0 Å². The standard InChI is InChI=1S/C10H11N5O2/c1-2-17-10(16)8-9(11)15(6-14-8)7-3-12-5-13-4-7/h3-6H,2,11H2,1H3. The molecule has 0 saturated carbocycles. The van der Waals surface area contributed by atoms with Gasteiger partial charge in [-0.05, 0) is 6.92 Å². The summed E-state index contributed by atoms with van der Waals surface area (Å²) in [6.45, 7) is 2.00. The molecule has 0 aliphatic heterocycles. The minimum Gasteiger partial charge on any atom is -0.461 e. The van der Waals surface area contributed by atoms with Crippen molar-refractivity contribution in [1.29, 1.82) is 0 Å². The summed E-state index contributed by atoms with van der Waals surface area (Å²) in [5.74, 6) is -0.334. The maximum atomic E-state index is 11.5. The lowest BCUT2D eigenvalue weighted by molar-refractivity contribution is 0.0521. The molecule has 0 aliphatic rings. The second-order valence-electron chi connectivity index (χ2n) is 3.17. The largest absolute Gasteiger partial charge is 0.461 e. The maximum Gasteiger partial charge on any atom is 0.360 e. The molecule has 0 unspecified atom stereocenters. The second-order valence-corrected chi connectivity index (χ2v) is 3.17. The van der Waals surface area contributed by atoms with Gasteiger partial charge in [0.15, 0.2) is 5.69 Å². The first kappa shape index (κ1) is 11.1. The van der Waals surface area contributed by atoms with Gasteiger partial charge in [-0.15, -0.1) is 0 Å². The quantitative estimate of drug-likeness (QED) is 0.772. The number of imidazole rings is 1. The SMILES string of the molecule is CCOC(=O)c1ncn(-c2cncnc2)c1N. The summed E-state index contributed by atoms with van der Waals surface area (Å²) in [4.78, 5) is 23.1. The molecule has 0 aromatic carbocycles. The van der Waals surface area contributed by atoms with E-state index in [1.807, 2.05) is 0 Å². The van der Waals surface area contributed by atoms with Crippen LogP contribution >= 0.6 is 0 Å². The Morgan fingerprint density at radius 2 is 2.18 bits per heavy atom. The molecular formula is C10H11N5O2. The van der Waals surface area contributed by atoms with Gasteiger partial charge in [0.2, 0.25) is 0 Å². The molecule has 17 heavy (non-hydrogen) atoms. The second kappa shape index (κ2) is 4.60. The van der Waals surface area contributed by atoms with E-state index in [2.05, 4.69) is 15.0 Å². The number of nitrogen functional groups attached to an aromatic ring is 1. The van der Waals surface area contributed by atoms with Crippen LogP contribution in [0.4, 0.5) is 5.82 Å². The van der Waals surface area contributed by atoms with Gasteiger partial charge in [-0.3, -0.25) is 4.57 Å². The summed E-state index contributed by atoms with van der Waals surface area (Å²) >= 11 is 0. The van der Waals surface area contributed by atoms with Crippen LogP contribution in [0.3, 0.4) is 0 Å². The molecule has 0 spiro atoms. The highest BCUT2D eigenvalue weighted by molar-refractivity contribution is 5.92. The lowest BCUT2D eigenvalue weighted by Gasteiger charge is -2.03. The minimum atomic E-state index is -0.541. The van der Waals surface area contributed by atoms with E-state index < -0.39 is 5.97 Å². The number of carbonyl (C=O) groups excluding carboxylic acids is 1. The predicted molar refractivity (Wildman–Crippen MR) is 59.5 cm³/mol. The van der Waals surface area contributed by atoms with Crippen molar-refractivity contribution in [1.82, 2.24) is 19.5 Å². The zero-order valence-corrected chi connectivity index (χ0v) is 9.20. The van der Waals surface area contributed by atoms with E-state index in [9.17, 15) is 4.79 Å². The molecule has 2 aromatic rings. The molecule has 2 rings (SSSR count). The number of nitrogens with two attached hydrogens (primary N) is 1. The van der Waals surface area contributed by atoms with E-state index in [0.717, 1.165) is 0 Å². The highest BCUT2D eigenvalue weighted by Crippen LogP contribution is 2.16. The number of hydrogen-bond donors (Lipinski definition) is 1. The lowest BCUT2D eigenvalue weighted by atomic mass is 10.4. The smallest absolute Gasteiger partial charge is 0.360 e. The fourth-order valence-electron chi connectivity index (χ4n) is 1.34. The van der Waals surface area contributed by atoms with Crippen LogP contribution in [0.2, 0.25) is 0 Å². The van der Waals surface area contributed by atoms with Crippen LogP contribution in [-0.4, -0.2) is 32.1 Å². The van der Waals surface area contributed by atoms with Crippen LogP contribution in [0.25, 0.3) is 5.69 Å². The zero-order chi connectivity index (χ0) is 12.3. The van der Waals surface area contributed by atoms with Crippen LogP contribution < -0.4 is 5.73 Å². The van der Waals surface area contributed by atoms with Gasteiger partial charge in [0, 0.05) is 0 Å². The molecule has 0 bridgehead atoms. The fraction of sp³-hybridized carbons (Fsp3) is 0.200. The van der Waals surface area contributed by atoms with E-state index in [1.165, 1.54) is 17.2 Å². The molecule has 0 aliphatic carbocycles. The molecule has 7 heteroatoms. The number of aromatic nitrogens is 4. The summed E-state index contributed by atoms with van der Waals surface area (Å²) in [5, 5.41) is 0. The van der Waals surface area contributed by atoms with Gasteiger partial charge in [-0.2, -0.15) is 0 Å². The molecule has 88 valence electrons. The molecule has 7 nitrogen and oxygen atoms in total. The lowest BCUT2D eigenvalue weighted by Crippen LogP contribution is -2.09. The fourth-order valence-corrected chi connectivity index (χ4v) is 1.34. The van der Waals surface area contributed by atoms with Gasteiger partial charge in [0.05, 0.1) is 24.7 Å². The highest BCUT2D eigenvalue weighted by atomic mass is 16.5. The van der Waals surface area contributed by atoms with E-state index in [-0.39, 0.29) is 18.1 Å². The van der Waals surface area contributed by atoms with Gasteiger partial charge >= 0.3 is 5.97 Å². The molecule has 0 amide bonds. The molecule has 2 N–H and O–H groups in total. The maximum absolute atomic E-state index is 11.5. The summed E-state index contributed by atoms with van der Waals surface area (Å²) in [6, 6.07) is 0. The number of anilines is 1. The Balaban J connectivity index is 2.37.